The van der Waals surface area contributed by atoms with Gasteiger partial charge in [-0.1, -0.05) is 36.4 Å². The third kappa shape index (κ3) is 3.94. The van der Waals surface area contributed by atoms with Crippen molar-refractivity contribution in [1.29, 1.82) is 0 Å². The van der Waals surface area contributed by atoms with Crippen LogP contribution in [0.2, 0.25) is 0 Å². The summed E-state index contributed by atoms with van der Waals surface area (Å²) in [6.07, 6.45) is 1.03. The molecule has 5 nitrogen and oxygen atoms in total. The highest BCUT2D eigenvalue weighted by molar-refractivity contribution is 7.20. The van der Waals surface area contributed by atoms with Gasteiger partial charge in [-0.25, -0.2) is 9.78 Å². The molecule has 0 N–H and O–H groups in total. The second kappa shape index (κ2) is 8.02. The number of carbonyl (C=O) groups is 2. The minimum Gasteiger partial charge on any atom is -0.443 e. The van der Waals surface area contributed by atoms with E-state index >= 15 is 0 Å². The Hall–Kier alpha value is -2.51. The van der Waals surface area contributed by atoms with Crippen LogP contribution in [0.25, 0.3) is 9.88 Å². The van der Waals surface area contributed by atoms with Gasteiger partial charge < -0.3 is 9.64 Å². The molecule has 0 unspecified atom stereocenters. The molecule has 27 heavy (non-hydrogen) atoms. The normalized spacial score (nSPS) is 14.9. The average molecular weight is 399 g/mol. The molecule has 7 heteroatoms. The molecule has 138 valence electrons. The monoisotopic (exact) mass is 398 g/mol. The van der Waals surface area contributed by atoms with Crippen LogP contribution in [-0.2, 0) is 9.53 Å². The van der Waals surface area contributed by atoms with E-state index < -0.39 is 12.1 Å². The van der Waals surface area contributed by atoms with E-state index in [-0.39, 0.29) is 11.6 Å². The molecule has 0 saturated carbocycles. The Labute approximate surface area is 165 Å². The second-order valence-corrected chi connectivity index (χ2v) is 8.05. The molecule has 1 aliphatic heterocycles. The van der Waals surface area contributed by atoms with Crippen molar-refractivity contribution in [3.05, 3.63) is 64.5 Å². The molecular weight excluding hydrogens is 380 g/mol. The molecule has 2 aromatic heterocycles. The standard InChI is InChI=1S/C20H18N2O3S2/c23-19(22-10-4-5-11-22)17(14-7-2-1-3-8-14)25-20(24)15-13-27-18(21-15)16-9-6-12-26-16/h1-3,6-9,12-13,17H,4-5,10-11H2/t17-/m0/s1. The summed E-state index contributed by atoms with van der Waals surface area (Å²) in [6, 6.07) is 13.1. The summed E-state index contributed by atoms with van der Waals surface area (Å²) >= 11 is 2.96. The summed E-state index contributed by atoms with van der Waals surface area (Å²) in [5.74, 6) is -0.740. The van der Waals surface area contributed by atoms with Gasteiger partial charge in [0.1, 0.15) is 5.01 Å². The van der Waals surface area contributed by atoms with Crippen LogP contribution in [-0.4, -0.2) is 34.8 Å². The van der Waals surface area contributed by atoms with Gasteiger partial charge >= 0.3 is 5.97 Å². The highest BCUT2D eigenvalue weighted by Crippen LogP contribution is 2.29. The van der Waals surface area contributed by atoms with E-state index in [4.69, 9.17) is 4.74 Å². The molecule has 3 aromatic rings. The fourth-order valence-electron chi connectivity index (χ4n) is 3.04. The summed E-state index contributed by atoms with van der Waals surface area (Å²) in [5.41, 5.74) is 0.912. The van der Waals surface area contributed by atoms with Gasteiger partial charge in [0.05, 0.1) is 4.88 Å². The molecular formula is C20H18N2O3S2. The number of esters is 1. The zero-order valence-corrected chi connectivity index (χ0v) is 16.2. The quantitative estimate of drug-likeness (QED) is 0.598. The van der Waals surface area contributed by atoms with Crippen molar-refractivity contribution in [2.75, 3.05) is 13.1 Å². The number of nitrogens with zero attached hydrogens (tertiary/aromatic N) is 2. The van der Waals surface area contributed by atoms with Gasteiger partial charge in [0.15, 0.2) is 5.69 Å². The van der Waals surface area contributed by atoms with Gasteiger partial charge in [0, 0.05) is 24.0 Å². The van der Waals surface area contributed by atoms with Crippen LogP contribution >= 0.6 is 22.7 Å². The van der Waals surface area contributed by atoms with Crippen LogP contribution < -0.4 is 0 Å². The van der Waals surface area contributed by atoms with E-state index in [0.29, 0.717) is 18.7 Å². The van der Waals surface area contributed by atoms with E-state index in [9.17, 15) is 9.59 Å². The van der Waals surface area contributed by atoms with Crippen LogP contribution in [0.15, 0.2) is 53.2 Å². The first-order valence-electron chi connectivity index (χ1n) is 8.76. The maximum absolute atomic E-state index is 12.9. The number of thiazole rings is 1. The lowest BCUT2D eigenvalue weighted by molar-refractivity contribution is -0.140. The Morgan fingerprint density at radius 2 is 1.81 bits per heavy atom. The number of carbonyl (C=O) groups excluding carboxylic acids is 2. The lowest BCUT2D eigenvalue weighted by Crippen LogP contribution is -2.34. The smallest absolute Gasteiger partial charge is 0.358 e. The Bertz CT molecular complexity index is 916. The summed E-state index contributed by atoms with van der Waals surface area (Å²) in [7, 11) is 0. The van der Waals surface area contributed by atoms with Crippen molar-refractivity contribution in [1.82, 2.24) is 9.88 Å². The molecule has 1 fully saturated rings. The maximum atomic E-state index is 12.9. The minimum atomic E-state index is -0.941. The third-order valence-corrected chi connectivity index (χ3v) is 6.30. The Morgan fingerprint density at radius 3 is 2.52 bits per heavy atom. The largest absolute Gasteiger partial charge is 0.443 e. The number of aromatic nitrogens is 1. The van der Waals surface area contributed by atoms with Crippen molar-refractivity contribution in [2.45, 2.75) is 18.9 Å². The summed E-state index contributed by atoms with van der Waals surface area (Å²) < 4.78 is 5.64. The van der Waals surface area contributed by atoms with Crippen molar-refractivity contribution in [3.8, 4) is 9.88 Å². The van der Waals surface area contributed by atoms with E-state index in [1.165, 1.54) is 11.3 Å². The average Bonchev–Trinajstić information content (AvgIpc) is 3.47. The molecule has 0 radical (unpaired) electrons. The maximum Gasteiger partial charge on any atom is 0.358 e. The molecule has 1 aliphatic rings. The van der Waals surface area contributed by atoms with E-state index in [0.717, 1.165) is 22.7 Å². The van der Waals surface area contributed by atoms with E-state index in [1.807, 2.05) is 47.8 Å². The van der Waals surface area contributed by atoms with Crippen LogP contribution in [0, 0.1) is 0 Å². The van der Waals surface area contributed by atoms with Gasteiger partial charge in [-0.3, -0.25) is 4.79 Å². The molecule has 0 spiro atoms. The predicted octanol–water partition coefficient (Wildman–Crippen LogP) is 4.39. The van der Waals surface area contributed by atoms with Crippen LogP contribution in [0.5, 0.6) is 0 Å². The molecule has 0 aliphatic carbocycles. The molecule has 0 bridgehead atoms. The number of likely N-dealkylation sites (tertiary alicyclic amines) is 1. The zero-order valence-electron chi connectivity index (χ0n) is 14.5. The Morgan fingerprint density at radius 1 is 1.04 bits per heavy atom. The lowest BCUT2D eigenvalue weighted by Gasteiger charge is -2.23. The molecule has 1 saturated heterocycles. The molecule has 4 rings (SSSR count). The summed E-state index contributed by atoms with van der Waals surface area (Å²) in [5, 5.41) is 4.42. The van der Waals surface area contributed by atoms with Crippen molar-refractivity contribution in [2.24, 2.45) is 0 Å². The van der Waals surface area contributed by atoms with Gasteiger partial charge in [0.2, 0.25) is 6.10 Å². The van der Waals surface area contributed by atoms with Gasteiger partial charge in [-0.2, -0.15) is 0 Å². The summed E-state index contributed by atoms with van der Waals surface area (Å²) in [6.45, 7) is 1.41. The molecule has 1 atom stereocenters. The number of benzene rings is 1. The highest BCUT2D eigenvalue weighted by Gasteiger charge is 2.31. The second-order valence-electron chi connectivity index (χ2n) is 6.24. The van der Waals surface area contributed by atoms with Gasteiger partial charge in [-0.15, -0.1) is 22.7 Å². The highest BCUT2D eigenvalue weighted by atomic mass is 32.1. The fraction of sp³-hybridized carbons (Fsp3) is 0.250. The van der Waals surface area contributed by atoms with Gasteiger partial charge in [-0.05, 0) is 24.3 Å². The third-order valence-electron chi connectivity index (χ3n) is 4.41. The topological polar surface area (TPSA) is 59.5 Å². The Balaban J connectivity index is 1.55. The number of thiophene rings is 1. The van der Waals surface area contributed by atoms with E-state index in [2.05, 4.69) is 4.98 Å². The number of rotatable bonds is 5. The van der Waals surface area contributed by atoms with Crippen molar-refractivity contribution >= 4 is 34.6 Å². The fourth-order valence-corrected chi connectivity index (χ4v) is 4.64. The molecule has 3 heterocycles. The molecule has 1 aromatic carbocycles. The number of hydrogen-bond acceptors (Lipinski definition) is 6. The predicted molar refractivity (Wildman–Crippen MR) is 106 cm³/mol. The van der Waals surface area contributed by atoms with Crippen LogP contribution in [0.3, 0.4) is 0 Å². The number of amides is 1. The van der Waals surface area contributed by atoms with Crippen molar-refractivity contribution < 1.29 is 14.3 Å². The first-order chi connectivity index (χ1) is 13.2. The van der Waals surface area contributed by atoms with E-state index in [1.54, 1.807) is 21.6 Å². The number of hydrogen-bond donors (Lipinski definition) is 0. The van der Waals surface area contributed by atoms with Crippen molar-refractivity contribution in [3.63, 3.8) is 0 Å². The van der Waals surface area contributed by atoms with Crippen LogP contribution in [0.4, 0.5) is 0 Å². The lowest BCUT2D eigenvalue weighted by atomic mass is 10.1. The van der Waals surface area contributed by atoms with Crippen LogP contribution in [0.1, 0.15) is 35.0 Å². The first kappa shape index (κ1) is 17.9. The number of ether oxygens (including phenoxy) is 1. The van der Waals surface area contributed by atoms with Gasteiger partial charge in [0.25, 0.3) is 5.91 Å². The first-order valence-corrected chi connectivity index (χ1v) is 10.5. The SMILES string of the molecule is O=C(O[C@H](C(=O)N1CCCC1)c1ccccc1)c1csc(-c2cccs2)n1. The minimum absolute atomic E-state index is 0.166. The summed E-state index contributed by atoms with van der Waals surface area (Å²) in [4.78, 5) is 32.8. The Kier molecular flexibility index (Phi) is 5.31. The zero-order chi connectivity index (χ0) is 18.6. The molecule has 1 amide bonds.